The highest BCUT2D eigenvalue weighted by atomic mass is 19.1. The van der Waals surface area contributed by atoms with Crippen LogP contribution in [-0.4, -0.2) is 38.1 Å². The quantitative estimate of drug-likeness (QED) is 0.813. The van der Waals surface area contributed by atoms with Crippen molar-refractivity contribution in [2.24, 2.45) is 0 Å². The van der Waals surface area contributed by atoms with Gasteiger partial charge < -0.3 is 9.64 Å². The summed E-state index contributed by atoms with van der Waals surface area (Å²) < 4.78 is 19.4. The van der Waals surface area contributed by atoms with Gasteiger partial charge in [-0.25, -0.2) is 4.39 Å². The van der Waals surface area contributed by atoms with Crippen molar-refractivity contribution in [3.05, 3.63) is 59.9 Å². The molecule has 2 aromatic carbocycles. The summed E-state index contributed by atoms with van der Waals surface area (Å²) in [7, 11) is 3.33. The first kappa shape index (κ1) is 17.2. The summed E-state index contributed by atoms with van der Waals surface area (Å²) in [5, 5.41) is 0. The molecule has 0 spiro atoms. The number of hydrogen-bond donors (Lipinski definition) is 0. The molecule has 0 saturated heterocycles. The summed E-state index contributed by atoms with van der Waals surface area (Å²) in [5.41, 5.74) is 2.05. The number of ether oxygens (including phenoxy) is 1. The Kier molecular flexibility index (Phi) is 5.88. The predicted octanol–water partition coefficient (Wildman–Crippen LogP) is 3.70. The number of carbonyl (C=O) groups is 1. The largest absolute Gasteiger partial charge is 0.383 e. The Bertz CT molecular complexity index is 658. The van der Waals surface area contributed by atoms with Gasteiger partial charge in [0.1, 0.15) is 5.82 Å². The number of hydrogen-bond acceptors (Lipinski definition) is 2. The first-order valence-electron chi connectivity index (χ1n) is 7.63. The summed E-state index contributed by atoms with van der Waals surface area (Å²) in [6.07, 6.45) is 0. The Balaban J connectivity index is 2.18. The smallest absolute Gasteiger partial charge is 0.229 e. The maximum atomic E-state index is 14.4. The average molecular weight is 315 g/mol. The van der Waals surface area contributed by atoms with E-state index in [9.17, 15) is 9.18 Å². The maximum Gasteiger partial charge on any atom is 0.229 e. The summed E-state index contributed by atoms with van der Waals surface area (Å²) in [6, 6.07) is 14.4. The maximum absolute atomic E-state index is 14.4. The number of benzene rings is 2. The molecule has 0 aliphatic rings. The normalized spacial score (nSPS) is 12.0. The Morgan fingerprint density at radius 2 is 1.91 bits per heavy atom. The van der Waals surface area contributed by atoms with E-state index in [0.717, 1.165) is 5.56 Å². The second-order valence-electron chi connectivity index (χ2n) is 5.58. The minimum atomic E-state index is -0.392. The molecular weight excluding hydrogens is 293 g/mol. The van der Waals surface area contributed by atoms with Crippen LogP contribution in [0, 0.1) is 5.82 Å². The Labute approximate surface area is 136 Å². The zero-order chi connectivity index (χ0) is 16.8. The van der Waals surface area contributed by atoms with Gasteiger partial charge in [0.25, 0.3) is 0 Å². The Hall–Kier alpha value is -2.20. The van der Waals surface area contributed by atoms with Crippen LogP contribution < -0.4 is 0 Å². The van der Waals surface area contributed by atoms with Gasteiger partial charge in [0.05, 0.1) is 12.5 Å². The van der Waals surface area contributed by atoms with Gasteiger partial charge in [0.2, 0.25) is 5.91 Å². The number of halogens is 1. The van der Waals surface area contributed by atoms with E-state index in [1.807, 2.05) is 36.4 Å². The van der Waals surface area contributed by atoms with Crippen LogP contribution in [0.3, 0.4) is 0 Å². The van der Waals surface area contributed by atoms with Gasteiger partial charge in [-0.2, -0.15) is 0 Å². The lowest BCUT2D eigenvalue weighted by Gasteiger charge is -2.21. The van der Waals surface area contributed by atoms with Gasteiger partial charge in [0.15, 0.2) is 0 Å². The van der Waals surface area contributed by atoms with E-state index >= 15 is 0 Å². The van der Waals surface area contributed by atoms with Crippen molar-refractivity contribution >= 4 is 5.91 Å². The molecule has 3 nitrogen and oxygen atoms in total. The zero-order valence-electron chi connectivity index (χ0n) is 13.8. The highest BCUT2D eigenvalue weighted by molar-refractivity contribution is 5.83. The van der Waals surface area contributed by atoms with Crippen molar-refractivity contribution in [3.63, 3.8) is 0 Å². The summed E-state index contributed by atoms with van der Waals surface area (Å²) >= 11 is 0. The minimum Gasteiger partial charge on any atom is -0.383 e. The van der Waals surface area contributed by atoms with Crippen LogP contribution in [0.2, 0.25) is 0 Å². The third kappa shape index (κ3) is 4.17. The second-order valence-corrected chi connectivity index (χ2v) is 5.58. The van der Waals surface area contributed by atoms with Gasteiger partial charge in [-0.3, -0.25) is 4.79 Å². The zero-order valence-corrected chi connectivity index (χ0v) is 13.8. The van der Waals surface area contributed by atoms with Crippen LogP contribution >= 0.6 is 0 Å². The molecule has 0 fully saturated rings. The van der Waals surface area contributed by atoms with Crippen LogP contribution in [0.4, 0.5) is 4.39 Å². The average Bonchev–Trinajstić information content (AvgIpc) is 2.59. The third-order valence-corrected chi connectivity index (χ3v) is 3.96. The van der Waals surface area contributed by atoms with Crippen LogP contribution in [0.5, 0.6) is 0 Å². The minimum absolute atomic E-state index is 0.0473. The second kappa shape index (κ2) is 7.88. The number of nitrogens with zero attached hydrogens (tertiary/aromatic N) is 1. The molecule has 0 radical (unpaired) electrons. The van der Waals surface area contributed by atoms with Crippen molar-refractivity contribution in [2.75, 3.05) is 27.3 Å². The predicted molar refractivity (Wildman–Crippen MR) is 89.8 cm³/mol. The van der Waals surface area contributed by atoms with Gasteiger partial charge in [-0.15, -0.1) is 0 Å². The lowest BCUT2D eigenvalue weighted by atomic mass is 9.96. The fourth-order valence-electron chi connectivity index (χ4n) is 2.46. The highest BCUT2D eigenvalue weighted by Crippen LogP contribution is 2.26. The fourth-order valence-corrected chi connectivity index (χ4v) is 2.46. The van der Waals surface area contributed by atoms with E-state index in [1.165, 1.54) is 6.07 Å². The van der Waals surface area contributed by atoms with Crippen LogP contribution in [0.25, 0.3) is 11.1 Å². The molecule has 0 aliphatic carbocycles. The van der Waals surface area contributed by atoms with E-state index in [2.05, 4.69) is 0 Å². The van der Waals surface area contributed by atoms with Gasteiger partial charge >= 0.3 is 0 Å². The number of carbonyl (C=O) groups excluding carboxylic acids is 1. The molecular formula is C19H22FNO2. The van der Waals surface area contributed by atoms with Crippen LogP contribution in [0.15, 0.2) is 48.5 Å². The van der Waals surface area contributed by atoms with Crippen molar-refractivity contribution in [2.45, 2.75) is 12.8 Å². The molecule has 0 saturated carbocycles. The summed E-state index contributed by atoms with van der Waals surface area (Å²) in [4.78, 5) is 14.0. The molecule has 1 amide bonds. The number of likely N-dealkylation sites (N-methyl/N-ethyl adjacent to an activating group) is 1. The Morgan fingerprint density at radius 1 is 1.22 bits per heavy atom. The highest BCUT2D eigenvalue weighted by Gasteiger charge is 2.20. The van der Waals surface area contributed by atoms with Crippen molar-refractivity contribution in [1.29, 1.82) is 0 Å². The number of amides is 1. The first-order chi connectivity index (χ1) is 11.0. The summed E-state index contributed by atoms with van der Waals surface area (Å²) in [6.45, 7) is 2.79. The standard InChI is InChI=1S/C19H22FNO2/c1-14(19(22)21(2)11-12-23-3)16-9-10-17(18(20)13-16)15-7-5-4-6-8-15/h4-10,13-14H,11-12H2,1-3H3. The summed E-state index contributed by atoms with van der Waals surface area (Å²) in [5.74, 6) is -0.752. The molecule has 0 aliphatic heterocycles. The lowest BCUT2D eigenvalue weighted by molar-refractivity contribution is -0.131. The molecule has 0 bridgehead atoms. The van der Waals surface area contributed by atoms with E-state index in [-0.39, 0.29) is 11.7 Å². The molecule has 122 valence electrons. The van der Waals surface area contributed by atoms with Crippen molar-refractivity contribution in [3.8, 4) is 11.1 Å². The third-order valence-electron chi connectivity index (χ3n) is 3.96. The molecule has 2 aromatic rings. The Morgan fingerprint density at radius 3 is 2.52 bits per heavy atom. The molecule has 4 heteroatoms. The van der Waals surface area contributed by atoms with Crippen LogP contribution in [-0.2, 0) is 9.53 Å². The molecule has 2 rings (SSSR count). The van der Waals surface area contributed by atoms with Gasteiger partial charge in [0, 0.05) is 26.3 Å². The SMILES string of the molecule is COCCN(C)C(=O)C(C)c1ccc(-c2ccccc2)c(F)c1. The van der Waals surface area contributed by atoms with E-state index in [1.54, 1.807) is 32.0 Å². The van der Waals surface area contributed by atoms with Crippen molar-refractivity contribution < 1.29 is 13.9 Å². The molecule has 0 heterocycles. The fraction of sp³-hybridized carbons (Fsp3) is 0.316. The van der Waals surface area contributed by atoms with E-state index in [0.29, 0.717) is 24.3 Å². The first-order valence-corrected chi connectivity index (χ1v) is 7.63. The topological polar surface area (TPSA) is 29.5 Å². The molecule has 1 atom stereocenters. The lowest BCUT2D eigenvalue weighted by Crippen LogP contribution is -2.33. The molecule has 0 N–H and O–H groups in total. The number of rotatable bonds is 6. The molecule has 23 heavy (non-hydrogen) atoms. The van der Waals surface area contributed by atoms with Gasteiger partial charge in [-0.1, -0.05) is 42.5 Å². The van der Waals surface area contributed by atoms with Crippen molar-refractivity contribution in [1.82, 2.24) is 4.90 Å². The monoisotopic (exact) mass is 315 g/mol. The van der Waals surface area contributed by atoms with Crippen LogP contribution in [0.1, 0.15) is 18.4 Å². The van der Waals surface area contributed by atoms with Gasteiger partial charge in [-0.05, 0) is 24.1 Å². The molecule has 1 unspecified atom stereocenters. The van der Waals surface area contributed by atoms with E-state index < -0.39 is 5.92 Å². The molecule has 0 aromatic heterocycles. The van der Waals surface area contributed by atoms with E-state index in [4.69, 9.17) is 4.74 Å². The number of methoxy groups -OCH3 is 1.